The van der Waals surface area contributed by atoms with Crippen LogP contribution in [0.4, 0.5) is 5.69 Å². The molecule has 6 nitrogen and oxygen atoms in total. The first kappa shape index (κ1) is 18.8. The molecule has 0 saturated heterocycles. The average molecular weight is 408 g/mol. The summed E-state index contributed by atoms with van der Waals surface area (Å²) in [4.78, 5) is 25.3. The number of benzene rings is 3. The third kappa shape index (κ3) is 3.83. The van der Waals surface area contributed by atoms with Crippen LogP contribution in [-0.2, 0) is 11.2 Å². The maximum absolute atomic E-state index is 12.8. The van der Waals surface area contributed by atoms with Crippen molar-refractivity contribution in [1.29, 1.82) is 0 Å². The Morgan fingerprint density at radius 3 is 2.52 bits per heavy atom. The minimum Gasteiger partial charge on any atom is -0.441 e. The summed E-state index contributed by atoms with van der Waals surface area (Å²) in [6.07, 6.45) is 0.122. The van der Waals surface area contributed by atoms with Crippen LogP contribution >= 0.6 is 0 Å². The molecule has 2 heterocycles. The molecule has 0 unspecified atom stereocenters. The Balaban J connectivity index is 1.38. The molecule has 0 atom stereocenters. The molecule has 0 radical (unpaired) electrons. The van der Waals surface area contributed by atoms with Gasteiger partial charge in [0.25, 0.3) is 0 Å². The topological polar surface area (TPSA) is 83.8 Å². The highest BCUT2D eigenvalue weighted by molar-refractivity contribution is 5.96. The van der Waals surface area contributed by atoms with E-state index in [1.165, 1.54) is 0 Å². The van der Waals surface area contributed by atoms with Gasteiger partial charge in [0, 0.05) is 11.1 Å². The Kier molecular flexibility index (Phi) is 4.80. The molecular formula is C25H20N4O2. The van der Waals surface area contributed by atoms with Crippen molar-refractivity contribution in [2.75, 3.05) is 5.32 Å². The van der Waals surface area contributed by atoms with E-state index in [0.29, 0.717) is 28.9 Å². The Labute approximate surface area is 179 Å². The number of anilines is 1. The molecule has 0 aliphatic carbocycles. The van der Waals surface area contributed by atoms with Gasteiger partial charge >= 0.3 is 0 Å². The molecule has 0 spiro atoms. The normalized spacial score (nSPS) is 11.0. The number of aryl methyl sites for hydroxylation is 1. The number of nitrogens with one attached hydrogen (secondary N) is 2. The number of hydrogen-bond acceptors (Lipinski definition) is 4. The van der Waals surface area contributed by atoms with Gasteiger partial charge in [0.15, 0.2) is 0 Å². The zero-order chi connectivity index (χ0) is 21.2. The van der Waals surface area contributed by atoms with Crippen LogP contribution in [0.15, 0.2) is 83.3 Å². The molecule has 0 saturated carbocycles. The molecule has 0 fully saturated rings. The number of fused-ring (bicyclic) bond motifs is 1. The number of imidazole rings is 1. The van der Waals surface area contributed by atoms with E-state index >= 15 is 0 Å². The standard InChI is InChI=1S/C25H20N4O2/c1-16-22(29-25(31-16)17-9-3-2-4-10-17)15-23(30)26-19-12-6-5-11-18(19)24-27-20-13-7-8-14-21(20)28-24/h2-14H,15H2,1H3,(H,26,30)(H,27,28). The van der Waals surface area contributed by atoms with Crippen molar-refractivity contribution < 1.29 is 9.21 Å². The second-order valence-electron chi connectivity index (χ2n) is 7.26. The van der Waals surface area contributed by atoms with Crippen LogP contribution in [0.5, 0.6) is 0 Å². The van der Waals surface area contributed by atoms with E-state index in [2.05, 4.69) is 20.3 Å². The quantitative estimate of drug-likeness (QED) is 0.409. The molecule has 152 valence electrons. The largest absolute Gasteiger partial charge is 0.441 e. The van der Waals surface area contributed by atoms with Gasteiger partial charge in [-0.1, -0.05) is 42.5 Å². The molecule has 5 rings (SSSR count). The van der Waals surface area contributed by atoms with E-state index in [4.69, 9.17) is 4.42 Å². The highest BCUT2D eigenvalue weighted by Gasteiger charge is 2.16. The number of H-pyrrole nitrogens is 1. The molecule has 0 aliphatic rings. The van der Waals surface area contributed by atoms with Crippen molar-refractivity contribution in [3.8, 4) is 22.8 Å². The van der Waals surface area contributed by atoms with Crippen LogP contribution in [-0.4, -0.2) is 20.9 Å². The zero-order valence-electron chi connectivity index (χ0n) is 16.9. The van der Waals surface area contributed by atoms with Gasteiger partial charge in [-0.3, -0.25) is 4.79 Å². The third-order valence-corrected chi connectivity index (χ3v) is 5.09. The predicted octanol–water partition coefficient (Wildman–Crippen LogP) is 5.37. The second-order valence-corrected chi connectivity index (χ2v) is 7.26. The molecule has 2 aromatic heterocycles. The van der Waals surface area contributed by atoms with E-state index in [0.717, 1.165) is 22.2 Å². The zero-order valence-corrected chi connectivity index (χ0v) is 16.9. The second kappa shape index (κ2) is 7.91. The Hall–Kier alpha value is -4.19. The fraction of sp³-hybridized carbons (Fsp3) is 0.0800. The number of aromatic nitrogens is 3. The number of carbonyl (C=O) groups is 1. The Morgan fingerprint density at radius 1 is 0.935 bits per heavy atom. The lowest BCUT2D eigenvalue weighted by molar-refractivity contribution is -0.115. The van der Waals surface area contributed by atoms with Crippen LogP contribution < -0.4 is 5.32 Å². The van der Waals surface area contributed by atoms with Crippen molar-refractivity contribution >= 4 is 22.6 Å². The third-order valence-electron chi connectivity index (χ3n) is 5.09. The van der Waals surface area contributed by atoms with Crippen LogP contribution in [0, 0.1) is 6.92 Å². The number of para-hydroxylation sites is 3. The van der Waals surface area contributed by atoms with Gasteiger partial charge in [0.05, 0.1) is 28.8 Å². The summed E-state index contributed by atoms with van der Waals surface area (Å²) in [7, 11) is 0. The molecule has 0 bridgehead atoms. The average Bonchev–Trinajstić information content (AvgIpc) is 3.38. The highest BCUT2D eigenvalue weighted by Crippen LogP contribution is 2.28. The Morgan fingerprint density at radius 2 is 1.68 bits per heavy atom. The van der Waals surface area contributed by atoms with Gasteiger partial charge in [0.1, 0.15) is 11.6 Å². The van der Waals surface area contributed by atoms with Gasteiger partial charge < -0.3 is 14.7 Å². The van der Waals surface area contributed by atoms with E-state index in [9.17, 15) is 4.79 Å². The van der Waals surface area contributed by atoms with E-state index in [-0.39, 0.29) is 12.3 Å². The smallest absolute Gasteiger partial charge is 0.230 e. The van der Waals surface area contributed by atoms with Gasteiger partial charge in [-0.2, -0.15) is 0 Å². The molecule has 0 aliphatic heterocycles. The van der Waals surface area contributed by atoms with Gasteiger partial charge in [-0.25, -0.2) is 9.97 Å². The predicted molar refractivity (Wildman–Crippen MR) is 121 cm³/mol. The molecule has 5 aromatic rings. The summed E-state index contributed by atoms with van der Waals surface area (Å²) < 4.78 is 5.77. The number of aromatic amines is 1. The maximum atomic E-state index is 12.8. The fourth-order valence-electron chi connectivity index (χ4n) is 3.52. The molecule has 6 heteroatoms. The summed E-state index contributed by atoms with van der Waals surface area (Å²) in [5, 5.41) is 3.00. The molecule has 3 aromatic carbocycles. The first-order valence-electron chi connectivity index (χ1n) is 10.0. The van der Waals surface area contributed by atoms with Crippen molar-refractivity contribution in [2.45, 2.75) is 13.3 Å². The van der Waals surface area contributed by atoms with Gasteiger partial charge in [-0.05, 0) is 43.3 Å². The summed E-state index contributed by atoms with van der Waals surface area (Å²) in [6.45, 7) is 1.82. The summed E-state index contributed by atoms with van der Waals surface area (Å²) in [6, 6.07) is 25.1. The van der Waals surface area contributed by atoms with Crippen LogP contribution in [0.3, 0.4) is 0 Å². The lowest BCUT2D eigenvalue weighted by Crippen LogP contribution is -2.15. The van der Waals surface area contributed by atoms with E-state index in [1.807, 2.05) is 85.8 Å². The monoisotopic (exact) mass is 408 g/mol. The van der Waals surface area contributed by atoms with Crippen LogP contribution in [0.1, 0.15) is 11.5 Å². The number of oxazole rings is 1. The molecular weight excluding hydrogens is 388 g/mol. The van der Waals surface area contributed by atoms with Crippen molar-refractivity contribution in [3.63, 3.8) is 0 Å². The van der Waals surface area contributed by atoms with Crippen LogP contribution in [0.2, 0.25) is 0 Å². The fourth-order valence-corrected chi connectivity index (χ4v) is 3.52. The number of nitrogens with zero attached hydrogens (tertiary/aromatic N) is 2. The minimum absolute atomic E-state index is 0.122. The first-order chi connectivity index (χ1) is 15.2. The number of hydrogen-bond donors (Lipinski definition) is 2. The lowest BCUT2D eigenvalue weighted by atomic mass is 10.1. The Bertz CT molecular complexity index is 1340. The number of rotatable bonds is 5. The van der Waals surface area contributed by atoms with E-state index in [1.54, 1.807) is 0 Å². The van der Waals surface area contributed by atoms with Crippen molar-refractivity contribution in [2.24, 2.45) is 0 Å². The number of amides is 1. The minimum atomic E-state index is -0.167. The SMILES string of the molecule is Cc1oc(-c2ccccc2)nc1CC(=O)Nc1ccccc1-c1nc2ccccc2[nH]1. The van der Waals surface area contributed by atoms with Crippen LogP contribution in [0.25, 0.3) is 33.9 Å². The van der Waals surface area contributed by atoms with E-state index < -0.39 is 0 Å². The highest BCUT2D eigenvalue weighted by atomic mass is 16.4. The number of carbonyl (C=O) groups excluding carboxylic acids is 1. The summed E-state index contributed by atoms with van der Waals surface area (Å²) in [5.41, 5.74) is 4.85. The molecule has 2 N–H and O–H groups in total. The summed E-state index contributed by atoms with van der Waals surface area (Å²) >= 11 is 0. The lowest BCUT2D eigenvalue weighted by Gasteiger charge is -2.09. The van der Waals surface area contributed by atoms with Gasteiger partial charge in [0.2, 0.25) is 11.8 Å². The summed E-state index contributed by atoms with van der Waals surface area (Å²) in [5.74, 6) is 1.70. The van der Waals surface area contributed by atoms with Crippen molar-refractivity contribution in [1.82, 2.24) is 15.0 Å². The van der Waals surface area contributed by atoms with Crippen molar-refractivity contribution in [3.05, 3.63) is 90.3 Å². The molecule has 1 amide bonds. The first-order valence-corrected chi connectivity index (χ1v) is 10.0. The molecule has 31 heavy (non-hydrogen) atoms. The maximum Gasteiger partial charge on any atom is 0.230 e. The van der Waals surface area contributed by atoms with Gasteiger partial charge in [-0.15, -0.1) is 0 Å².